The van der Waals surface area contributed by atoms with Crippen LogP contribution in [0.15, 0.2) is 161 Å². The van der Waals surface area contributed by atoms with E-state index in [0.29, 0.717) is 49.0 Å². The first-order chi connectivity index (χ1) is 32.9. The molecule has 0 aliphatic carbocycles. The van der Waals surface area contributed by atoms with Gasteiger partial charge in [0, 0.05) is 29.9 Å². The van der Waals surface area contributed by atoms with Gasteiger partial charge in [-0.1, -0.05) is 91.0 Å². The van der Waals surface area contributed by atoms with Gasteiger partial charge in [0.05, 0.1) is 47.0 Å². The van der Waals surface area contributed by atoms with Crippen LogP contribution in [-0.2, 0) is 30.8 Å². The average Bonchev–Trinajstić information content (AvgIpc) is 4.09. The number of rotatable bonds is 17. The maximum Gasteiger partial charge on any atom is 0.244 e. The Balaban J connectivity index is 0.000000182. The highest BCUT2D eigenvalue weighted by Gasteiger charge is 2.22. The smallest absolute Gasteiger partial charge is 0.244 e. The van der Waals surface area contributed by atoms with E-state index in [0.717, 1.165) is 74.4 Å². The summed E-state index contributed by atoms with van der Waals surface area (Å²) in [6, 6.07) is 41.8. The topological polar surface area (TPSA) is 123 Å². The molecule has 0 radical (unpaired) electrons. The molecule has 6 aromatic carbocycles. The van der Waals surface area contributed by atoms with E-state index in [9.17, 15) is 4.79 Å². The minimum Gasteiger partial charge on any atom is -0.493 e. The molecule has 1 aliphatic rings. The Morgan fingerprint density at radius 2 is 1.18 bits per heavy atom. The molecule has 67 heavy (non-hydrogen) atoms. The number of benzene rings is 6. The second-order valence-electron chi connectivity index (χ2n) is 15.7. The van der Waals surface area contributed by atoms with E-state index >= 15 is 0 Å². The molecule has 9 rings (SSSR count). The summed E-state index contributed by atoms with van der Waals surface area (Å²) >= 11 is 0. The standard InChI is InChI=1S/C28H27NO5.C28H27NO4/c1-31-24-11-8-20(18-26(24)34-19-21-6-4-3-5-7-21)14-16-29-27(30)13-10-22-9-12-25(32-2)28-23(22)15-17-33-28;1-30-25-11-9-20(22-13-15-32-28(22)25)8-10-24-23-17-26(31-2)27(16-21(23)12-14-29-24)33-18-19-6-4-3-5-7-19/h3-13,15,17-18H,14,16,19H2,1-2H3,(H,29,30);3-11,13,15-17,24,29H,12,14,18H2,1-2H3/b13-10+;10-8+. The van der Waals surface area contributed by atoms with E-state index in [1.54, 1.807) is 47.0 Å². The molecule has 0 saturated heterocycles. The van der Waals surface area contributed by atoms with Crippen LogP contribution in [0.25, 0.3) is 34.1 Å². The van der Waals surface area contributed by atoms with Crippen molar-refractivity contribution >= 4 is 40.0 Å². The Kier molecular flexibility index (Phi) is 15.2. The second-order valence-corrected chi connectivity index (χ2v) is 15.7. The van der Waals surface area contributed by atoms with E-state index in [1.807, 2.05) is 97.1 Å². The lowest BCUT2D eigenvalue weighted by atomic mass is 9.92. The van der Waals surface area contributed by atoms with Gasteiger partial charge in [0.25, 0.3) is 0 Å². The third-order valence-electron chi connectivity index (χ3n) is 11.5. The van der Waals surface area contributed by atoms with E-state index in [4.69, 9.17) is 37.3 Å². The first-order valence-corrected chi connectivity index (χ1v) is 22.1. The lowest BCUT2D eigenvalue weighted by Gasteiger charge is -2.26. The summed E-state index contributed by atoms with van der Waals surface area (Å²) < 4.78 is 45.0. The molecular formula is C56H54N2O9. The van der Waals surface area contributed by atoms with Crippen molar-refractivity contribution in [3.63, 3.8) is 0 Å². The molecular weight excluding hydrogens is 845 g/mol. The highest BCUT2D eigenvalue weighted by atomic mass is 16.5. The summed E-state index contributed by atoms with van der Waals surface area (Å²) in [7, 11) is 6.56. The Hall–Kier alpha value is -7.89. The minimum atomic E-state index is -0.165. The van der Waals surface area contributed by atoms with Gasteiger partial charge in [0.2, 0.25) is 5.91 Å². The molecule has 11 heteroatoms. The summed E-state index contributed by atoms with van der Waals surface area (Å²) in [6.07, 6.45) is 12.5. The van der Waals surface area contributed by atoms with Crippen molar-refractivity contribution in [1.82, 2.24) is 10.6 Å². The molecule has 0 saturated carbocycles. The summed E-state index contributed by atoms with van der Waals surface area (Å²) in [4.78, 5) is 12.3. The number of carbonyl (C=O) groups is 1. The van der Waals surface area contributed by atoms with Gasteiger partial charge >= 0.3 is 0 Å². The van der Waals surface area contributed by atoms with Crippen molar-refractivity contribution in [2.24, 2.45) is 0 Å². The third-order valence-corrected chi connectivity index (χ3v) is 11.5. The molecule has 1 unspecified atom stereocenters. The number of ether oxygens (including phenoxy) is 6. The zero-order valence-electron chi connectivity index (χ0n) is 38.1. The Labute approximate surface area is 390 Å². The van der Waals surface area contributed by atoms with Gasteiger partial charge < -0.3 is 47.9 Å². The summed E-state index contributed by atoms with van der Waals surface area (Å²) in [6.45, 7) is 2.36. The monoisotopic (exact) mass is 898 g/mol. The van der Waals surface area contributed by atoms with Gasteiger partial charge in [-0.15, -0.1) is 0 Å². The number of carbonyl (C=O) groups excluding carboxylic acids is 1. The molecule has 1 aliphatic heterocycles. The number of fused-ring (bicyclic) bond motifs is 3. The lowest BCUT2D eigenvalue weighted by Crippen LogP contribution is -2.28. The fourth-order valence-electron chi connectivity index (χ4n) is 7.98. The summed E-state index contributed by atoms with van der Waals surface area (Å²) in [5, 5.41) is 8.46. The highest BCUT2D eigenvalue weighted by molar-refractivity contribution is 5.97. The van der Waals surface area contributed by atoms with Crippen molar-refractivity contribution in [3.8, 4) is 34.5 Å². The van der Waals surface area contributed by atoms with Gasteiger partial charge in [-0.25, -0.2) is 0 Å². The largest absolute Gasteiger partial charge is 0.493 e. The van der Waals surface area contributed by atoms with Crippen molar-refractivity contribution in [2.75, 3.05) is 41.5 Å². The molecule has 2 aromatic heterocycles. The Morgan fingerprint density at radius 3 is 1.78 bits per heavy atom. The first kappa shape index (κ1) is 45.7. The molecule has 1 atom stereocenters. The van der Waals surface area contributed by atoms with Crippen LogP contribution < -0.4 is 39.1 Å². The fourth-order valence-corrected chi connectivity index (χ4v) is 7.98. The van der Waals surface area contributed by atoms with Crippen LogP contribution in [0.5, 0.6) is 34.5 Å². The summed E-state index contributed by atoms with van der Waals surface area (Å²) in [5.74, 6) is 4.11. The molecule has 1 amide bonds. The summed E-state index contributed by atoms with van der Waals surface area (Å²) in [5.41, 5.74) is 9.13. The van der Waals surface area contributed by atoms with Gasteiger partial charge in [-0.05, 0) is 106 Å². The number of hydrogen-bond donors (Lipinski definition) is 2. The van der Waals surface area contributed by atoms with Crippen LogP contribution in [0.4, 0.5) is 0 Å². The van der Waals surface area contributed by atoms with Crippen LogP contribution in [0, 0.1) is 0 Å². The highest BCUT2D eigenvalue weighted by Crippen LogP contribution is 2.38. The fraction of sp³-hybridized carbons (Fsp3) is 0.196. The zero-order valence-corrected chi connectivity index (χ0v) is 38.1. The van der Waals surface area contributed by atoms with Gasteiger partial charge in [0.15, 0.2) is 45.7 Å². The quantitative estimate of drug-likeness (QED) is 0.0854. The van der Waals surface area contributed by atoms with E-state index in [1.165, 1.54) is 17.2 Å². The van der Waals surface area contributed by atoms with Crippen molar-refractivity contribution in [3.05, 3.63) is 191 Å². The molecule has 2 N–H and O–H groups in total. The molecule has 342 valence electrons. The number of furan rings is 2. The predicted molar refractivity (Wildman–Crippen MR) is 262 cm³/mol. The normalized spacial score (nSPS) is 13.2. The van der Waals surface area contributed by atoms with Crippen molar-refractivity contribution in [2.45, 2.75) is 32.1 Å². The van der Waals surface area contributed by atoms with Gasteiger partial charge in [-0.3, -0.25) is 4.79 Å². The number of nitrogens with one attached hydrogen (secondary N) is 2. The van der Waals surface area contributed by atoms with E-state index in [2.05, 4.69) is 53.1 Å². The zero-order chi connectivity index (χ0) is 46.4. The minimum absolute atomic E-state index is 0.0786. The van der Waals surface area contributed by atoms with Gasteiger partial charge in [0.1, 0.15) is 13.2 Å². The molecule has 11 nitrogen and oxygen atoms in total. The maximum atomic E-state index is 12.3. The Bertz CT molecular complexity index is 2950. The van der Waals surface area contributed by atoms with Crippen LogP contribution in [-0.4, -0.2) is 47.4 Å². The predicted octanol–water partition coefficient (Wildman–Crippen LogP) is 11.3. The molecule has 8 aromatic rings. The number of amides is 1. The van der Waals surface area contributed by atoms with Crippen LogP contribution >= 0.6 is 0 Å². The molecule has 0 bridgehead atoms. The van der Waals surface area contributed by atoms with Crippen molar-refractivity contribution in [1.29, 1.82) is 0 Å². The average molecular weight is 899 g/mol. The van der Waals surface area contributed by atoms with Crippen LogP contribution in [0.3, 0.4) is 0 Å². The van der Waals surface area contributed by atoms with Gasteiger partial charge in [-0.2, -0.15) is 0 Å². The maximum absolute atomic E-state index is 12.3. The second kappa shape index (κ2) is 22.3. The first-order valence-electron chi connectivity index (χ1n) is 22.1. The number of methoxy groups -OCH3 is 4. The third kappa shape index (κ3) is 11.3. The molecule has 0 fully saturated rings. The van der Waals surface area contributed by atoms with Crippen LogP contribution in [0.2, 0.25) is 0 Å². The molecule has 0 spiro atoms. The Morgan fingerprint density at radius 1 is 0.612 bits per heavy atom. The van der Waals surface area contributed by atoms with E-state index in [-0.39, 0.29) is 11.9 Å². The van der Waals surface area contributed by atoms with E-state index < -0.39 is 0 Å². The lowest BCUT2D eigenvalue weighted by molar-refractivity contribution is -0.116. The SMILES string of the molecule is COc1cc2c(cc1OCc1ccccc1)CCNC2/C=C/c1ccc(OC)c2occc12.COc1ccc(CCNC(=O)/C=C/c2ccc(OC)c3occc23)cc1OCc1ccccc1. The van der Waals surface area contributed by atoms with Crippen molar-refractivity contribution < 1.29 is 42.1 Å². The number of hydrogen-bond acceptors (Lipinski definition) is 10. The molecule has 3 heterocycles. The van der Waals surface area contributed by atoms with Crippen LogP contribution in [0.1, 0.15) is 45.0 Å².